The molecule has 7 nitrogen and oxygen atoms in total. The summed E-state index contributed by atoms with van der Waals surface area (Å²) < 4.78 is 7.09. The summed E-state index contributed by atoms with van der Waals surface area (Å²) in [5.74, 6) is 0. The van der Waals surface area contributed by atoms with Crippen molar-refractivity contribution in [2.75, 3.05) is 0 Å². The van der Waals surface area contributed by atoms with Gasteiger partial charge in [0.05, 0.1) is 16.8 Å². The molecule has 0 atom stereocenters. The third-order valence-electron chi connectivity index (χ3n) is 5.62. The van der Waals surface area contributed by atoms with Crippen LogP contribution in [0, 0.1) is 11.3 Å². The zero-order valence-electron chi connectivity index (χ0n) is 17.8. The van der Waals surface area contributed by atoms with E-state index in [9.17, 15) is 5.26 Å². The molecule has 6 aromatic rings. The van der Waals surface area contributed by atoms with E-state index in [4.69, 9.17) is 9.62 Å². The molecule has 0 aliphatic carbocycles. The van der Waals surface area contributed by atoms with Gasteiger partial charge in [-0.2, -0.15) is 10.4 Å². The van der Waals surface area contributed by atoms with Crippen LogP contribution in [-0.2, 0) is 0 Å². The second-order valence-corrected chi connectivity index (χ2v) is 7.64. The van der Waals surface area contributed by atoms with Crippen LogP contribution in [0.3, 0.4) is 0 Å². The summed E-state index contributed by atoms with van der Waals surface area (Å²) in [6.45, 7) is 0. The molecule has 0 unspecified atom stereocenters. The number of fused-ring (bicyclic) bond motifs is 1. The molecule has 0 aliphatic heterocycles. The predicted octanol–water partition coefficient (Wildman–Crippen LogP) is 5.68. The second kappa shape index (κ2) is 8.11. The monoisotopic (exact) mass is 440 g/mol. The van der Waals surface area contributed by atoms with Gasteiger partial charge in [-0.25, -0.2) is 4.68 Å². The Kier molecular flexibility index (Phi) is 4.67. The minimum atomic E-state index is 0.402. The molecule has 0 amide bonds. The van der Waals surface area contributed by atoms with E-state index in [0.29, 0.717) is 39.2 Å². The summed E-state index contributed by atoms with van der Waals surface area (Å²) in [5, 5.41) is 28.9. The number of nitriles is 1. The number of benzene rings is 3. The van der Waals surface area contributed by atoms with Gasteiger partial charge < -0.3 is 4.52 Å². The van der Waals surface area contributed by atoms with Crippen LogP contribution in [0.4, 0.5) is 0 Å². The normalized spacial score (nSPS) is 10.9. The van der Waals surface area contributed by atoms with Gasteiger partial charge in [0.25, 0.3) is 0 Å². The van der Waals surface area contributed by atoms with Crippen molar-refractivity contribution in [3.05, 3.63) is 103 Å². The van der Waals surface area contributed by atoms with Gasteiger partial charge in [-0.3, -0.25) is 0 Å². The number of hydrogen-bond donors (Lipinski definition) is 0. The quantitative estimate of drug-likeness (QED) is 0.350. The standard InChI is InChI=1S/C27H16N6O/c28-16-21-25(24-22-17-34-32-26(22)23(29-30-24)18-10-4-1-5-11-18)31-33(20-14-8-3-9-15-20)27(21)19-12-6-2-7-13-19/h1-15,17H. The third-order valence-corrected chi connectivity index (χ3v) is 5.62. The van der Waals surface area contributed by atoms with E-state index in [1.165, 1.54) is 6.26 Å². The molecule has 0 bridgehead atoms. The first-order valence-corrected chi connectivity index (χ1v) is 10.7. The minimum absolute atomic E-state index is 0.402. The van der Waals surface area contributed by atoms with Crippen LogP contribution in [0.5, 0.6) is 0 Å². The molecule has 0 radical (unpaired) electrons. The lowest BCUT2D eigenvalue weighted by molar-refractivity contribution is 0.428. The summed E-state index contributed by atoms with van der Waals surface area (Å²) in [5.41, 5.74) is 5.71. The lowest BCUT2D eigenvalue weighted by Gasteiger charge is -2.07. The van der Waals surface area contributed by atoms with Gasteiger partial charge in [-0.1, -0.05) is 84.0 Å². The number of aromatic nitrogens is 5. The topological polar surface area (TPSA) is 93.4 Å². The molecule has 3 aromatic heterocycles. The summed E-state index contributed by atoms with van der Waals surface area (Å²) in [6.07, 6.45) is 1.52. The molecule has 0 aliphatic rings. The van der Waals surface area contributed by atoms with Crippen LogP contribution in [0.2, 0.25) is 0 Å². The van der Waals surface area contributed by atoms with E-state index in [0.717, 1.165) is 16.8 Å². The lowest BCUT2D eigenvalue weighted by atomic mass is 10.0. The van der Waals surface area contributed by atoms with Crippen molar-refractivity contribution in [3.8, 4) is 45.7 Å². The lowest BCUT2D eigenvalue weighted by Crippen LogP contribution is -1.99. The molecule has 0 saturated heterocycles. The first-order chi connectivity index (χ1) is 16.8. The van der Waals surface area contributed by atoms with Crippen molar-refractivity contribution in [2.45, 2.75) is 0 Å². The van der Waals surface area contributed by atoms with Gasteiger partial charge in [-0.15, -0.1) is 10.2 Å². The van der Waals surface area contributed by atoms with E-state index in [2.05, 4.69) is 21.4 Å². The number of rotatable bonds is 4. The Labute approximate surface area is 194 Å². The van der Waals surface area contributed by atoms with E-state index in [1.54, 1.807) is 4.68 Å². The van der Waals surface area contributed by atoms with Gasteiger partial charge in [-0.05, 0) is 12.1 Å². The molecule has 34 heavy (non-hydrogen) atoms. The first kappa shape index (κ1) is 19.6. The molecular formula is C27H16N6O. The fraction of sp³-hybridized carbons (Fsp3) is 0. The third kappa shape index (κ3) is 3.14. The van der Waals surface area contributed by atoms with Gasteiger partial charge >= 0.3 is 0 Å². The Morgan fingerprint density at radius 2 is 1.32 bits per heavy atom. The zero-order valence-corrected chi connectivity index (χ0v) is 17.8. The molecule has 0 saturated carbocycles. The van der Waals surface area contributed by atoms with Crippen LogP contribution in [-0.4, -0.2) is 25.1 Å². The largest absolute Gasteiger partial charge is 0.363 e. The van der Waals surface area contributed by atoms with Gasteiger partial charge in [0.1, 0.15) is 40.5 Å². The van der Waals surface area contributed by atoms with Crippen LogP contribution >= 0.6 is 0 Å². The van der Waals surface area contributed by atoms with E-state index in [1.807, 2.05) is 91.0 Å². The van der Waals surface area contributed by atoms with E-state index >= 15 is 0 Å². The first-order valence-electron chi connectivity index (χ1n) is 10.7. The van der Waals surface area contributed by atoms with Crippen LogP contribution in [0.1, 0.15) is 5.56 Å². The molecule has 7 heteroatoms. The summed E-state index contributed by atoms with van der Waals surface area (Å²) >= 11 is 0. The average Bonchev–Trinajstić information content (AvgIpc) is 3.55. The van der Waals surface area contributed by atoms with Crippen LogP contribution < -0.4 is 0 Å². The number of nitrogens with zero attached hydrogens (tertiary/aromatic N) is 6. The van der Waals surface area contributed by atoms with Gasteiger partial charge in [0.15, 0.2) is 0 Å². The maximum atomic E-state index is 10.2. The number of hydrogen-bond acceptors (Lipinski definition) is 6. The highest BCUT2D eigenvalue weighted by atomic mass is 16.5. The Morgan fingerprint density at radius 3 is 2.00 bits per heavy atom. The maximum absolute atomic E-state index is 10.2. The van der Waals surface area contributed by atoms with Crippen molar-refractivity contribution in [3.63, 3.8) is 0 Å². The number of para-hydroxylation sites is 1. The minimum Gasteiger partial charge on any atom is -0.363 e. The van der Waals surface area contributed by atoms with Gasteiger partial charge in [0.2, 0.25) is 0 Å². The van der Waals surface area contributed by atoms with Crippen molar-refractivity contribution >= 4 is 10.9 Å². The predicted molar refractivity (Wildman–Crippen MR) is 128 cm³/mol. The molecule has 3 aromatic carbocycles. The fourth-order valence-corrected chi connectivity index (χ4v) is 4.05. The highest BCUT2D eigenvalue weighted by molar-refractivity contribution is 5.99. The molecular weight excluding hydrogens is 424 g/mol. The maximum Gasteiger partial charge on any atom is 0.144 e. The molecule has 0 spiro atoms. The van der Waals surface area contributed by atoms with Gasteiger partial charge in [0, 0.05) is 11.1 Å². The van der Waals surface area contributed by atoms with E-state index in [-0.39, 0.29) is 0 Å². The second-order valence-electron chi connectivity index (χ2n) is 7.64. The molecule has 160 valence electrons. The SMILES string of the molecule is N#Cc1c(-c2nnc(-c3ccccc3)c3nocc23)nn(-c2ccccc2)c1-c1ccccc1. The molecule has 0 N–H and O–H groups in total. The zero-order chi connectivity index (χ0) is 22.9. The highest BCUT2D eigenvalue weighted by Gasteiger charge is 2.26. The smallest absolute Gasteiger partial charge is 0.144 e. The van der Waals surface area contributed by atoms with Crippen molar-refractivity contribution in [1.82, 2.24) is 25.1 Å². The van der Waals surface area contributed by atoms with Crippen molar-refractivity contribution < 1.29 is 4.52 Å². The van der Waals surface area contributed by atoms with Crippen molar-refractivity contribution in [1.29, 1.82) is 5.26 Å². The molecule has 6 rings (SSSR count). The molecule has 3 heterocycles. The summed E-state index contributed by atoms with van der Waals surface area (Å²) in [6, 6.07) is 31.5. The summed E-state index contributed by atoms with van der Waals surface area (Å²) in [4.78, 5) is 0. The Balaban J connectivity index is 1.63. The highest BCUT2D eigenvalue weighted by Crippen LogP contribution is 2.37. The molecule has 0 fully saturated rings. The van der Waals surface area contributed by atoms with Crippen LogP contribution in [0.25, 0.3) is 50.5 Å². The van der Waals surface area contributed by atoms with Crippen molar-refractivity contribution in [2.24, 2.45) is 0 Å². The Hall–Kier alpha value is -5.09. The van der Waals surface area contributed by atoms with Crippen LogP contribution in [0.15, 0.2) is 102 Å². The summed E-state index contributed by atoms with van der Waals surface area (Å²) in [7, 11) is 0. The Bertz CT molecular complexity index is 1650. The van der Waals surface area contributed by atoms with E-state index < -0.39 is 0 Å². The Morgan fingerprint density at radius 1 is 0.706 bits per heavy atom. The average molecular weight is 440 g/mol. The fourth-order valence-electron chi connectivity index (χ4n) is 4.05.